The fourth-order valence-corrected chi connectivity index (χ4v) is 2.66. The molecule has 0 atom stereocenters. The van der Waals surface area contributed by atoms with Gasteiger partial charge >= 0.3 is 0 Å². The molecule has 0 bridgehead atoms. The van der Waals surface area contributed by atoms with Crippen LogP contribution in [-0.2, 0) is 9.47 Å². The molecule has 1 fully saturated rings. The van der Waals surface area contributed by atoms with Gasteiger partial charge in [0.05, 0.1) is 6.61 Å². The van der Waals surface area contributed by atoms with E-state index in [1.807, 2.05) is 13.8 Å². The van der Waals surface area contributed by atoms with Crippen molar-refractivity contribution in [2.24, 2.45) is 0 Å². The Morgan fingerprint density at radius 3 is 2.22 bits per heavy atom. The zero-order valence-corrected chi connectivity index (χ0v) is 11.9. The zero-order valence-electron chi connectivity index (χ0n) is 11.9. The molecule has 0 aromatic heterocycles. The number of hydrogen-bond acceptors (Lipinski definition) is 4. The maximum Gasteiger partial charge on any atom is 0.158 e. The van der Waals surface area contributed by atoms with Crippen molar-refractivity contribution in [2.75, 3.05) is 26.4 Å². The van der Waals surface area contributed by atoms with E-state index in [0.29, 0.717) is 13.2 Å². The number of aliphatic hydroxyl groups is 1. The van der Waals surface area contributed by atoms with Gasteiger partial charge in [-0.15, -0.1) is 0 Å². The van der Waals surface area contributed by atoms with E-state index >= 15 is 0 Å². The van der Waals surface area contributed by atoms with Gasteiger partial charge in [0.2, 0.25) is 0 Å². The molecule has 2 N–H and O–H groups in total. The van der Waals surface area contributed by atoms with E-state index in [2.05, 4.69) is 5.32 Å². The summed E-state index contributed by atoms with van der Waals surface area (Å²) in [5.41, 5.74) is -0.0543. The van der Waals surface area contributed by atoms with E-state index in [4.69, 9.17) is 9.47 Å². The predicted octanol–water partition coefficient (Wildman–Crippen LogP) is 2.06. The van der Waals surface area contributed by atoms with Gasteiger partial charge in [0.15, 0.2) is 6.29 Å². The third-order valence-corrected chi connectivity index (χ3v) is 3.70. The molecular weight excluding hydrogens is 230 g/mol. The Morgan fingerprint density at radius 2 is 1.72 bits per heavy atom. The fraction of sp³-hybridized carbons (Fsp3) is 1.00. The number of hydrogen-bond donors (Lipinski definition) is 2. The molecule has 4 nitrogen and oxygen atoms in total. The quantitative estimate of drug-likeness (QED) is 0.622. The summed E-state index contributed by atoms with van der Waals surface area (Å²) >= 11 is 0. The SMILES string of the molecule is CCOC(CCNC1(CO)CCCCC1)OCC. The molecule has 1 rings (SSSR count). The van der Waals surface area contributed by atoms with Crippen LogP contribution in [-0.4, -0.2) is 43.3 Å². The molecule has 108 valence electrons. The summed E-state index contributed by atoms with van der Waals surface area (Å²) in [6, 6.07) is 0. The highest BCUT2D eigenvalue weighted by molar-refractivity contribution is 4.90. The van der Waals surface area contributed by atoms with E-state index in [1.54, 1.807) is 0 Å². The topological polar surface area (TPSA) is 50.7 Å². The highest BCUT2D eigenvalue weighted by atomic mass is 16.7. The zero-order chi connectivity index (χ0) is 13.3. The molecule has 0 radical (unpaired) electrons. The van der Waals surface area contributed by atoms with Crippen LogP contribution in [0, 0.1) is 0 Å². The van der Waals surface area contributed by atoms with Crippen molar-refractivity contribution in [2.45, 2.75) is 64.2 Å². The number of nitrogens with one attached hydrogen (secondary N) is 1. The van der Waals surface area contributed by atoms with Gasteiger partial charge in [-0.3, -0.25) is 0 Å². The van der Waals surface area contributed by atoms with Crippen molar-refractivity contribution in [3.63, 3.8) is 0 Å². The van der Waals surface area contributed by atoms with Crippen LogP contribution in [0.4, 0.5) is 0 Å². The van der Waals surface area contributed by atoms with Crippen LogP contribution < -0.4 is 5.32 Å². The Balaban J connectivity index is 2.28. The minimum absolute atomic E-state index is 0.0543. The lowest BCUT2D eigenvalue weighted by atomic mass is 9.82. The Labute approximate surface area is 111 Å². The van der Waals surface area contributed by atoms with Crippen molar-refractivity contribution in [3.05, 3.63) is 0 Å². The second-order valence-corrected chi connectivity index (χ2v) is 5.05. The van der Waals surface area contributed by atoms with Gasteiger partial charge in [-0.1, -0.05) is 19.3 Å². The molecule has 0 unspecified atom stereocenters. The van der Waals surface area contributed by atoms with Gasteiger partial charge in [0.1, 0.15) is 0 Å². The monoisotopic (exact) mass is 259 g/mol. The van der Waals surface area contributed by atoms with Gasteiger partial charge < -0.3 is 19.9 Å². The number of aliphatic hydroxyl groups excluding tert-OH is 1. The maximum absolute atomic E-state index is 9.59. The summed E-state index contributed by atoms with van der Waals surface area (Å²) in [4.78, 5) is 0. The van der Waals surface area contributed by atoms with Crippen molar-refractivity contribution >= 4 is 0 Å². The maximum atomic E-state index is 9.59. The molecule has 0 aliphatic heterocycles. The smallest absolute Gasteiger partial charge is 0.158 e. The third kappa shape index (κ3) is 5.22. The van der Waals surface area contributed by atoms with E-state index < -0.39 is 0 Å². The molecule has 0 aromatic rings. The van der Waals surface area contributed by atoms with Crippen molar-refractivity contribution in [3.8, 4) is 0 Å². The molecule has 0 amide bonds. The van der Waals surface area contributed by atoms with Crippen LogP contribution in [0.2, 0.25) is 0 Å². The first-order valence-electron chi connectivity index (χ1n) is 7.35. The third-order valence-electron chi connectivity index (χ3n) is 3.70. The first kappa shape index (κ1) is 15.9. The second kappa shape index (κ2) is 8.86. The lowest BCUT2D eigenvalue weighted by molar-refractivity contribution is -0.139. The summed E-state index contributed by atoms with van der Waals surface area (Å²) in [5, 5.41) is 13.1. The Kier molecular flexibility index (Phi) is 7.82. The number of rotatable bonds is 9. The Morgan fingerprint density at radius 1 is 1.11 bits per heavy atom. The van der Waals surface area contributed by atoms with E-state index in [9.17, 15) is 5.11 Å². The lowest BCUT2D eigenvalue weighted by Gasteiger charge is -2.37. The molecule has 0 aromatic carbocycles. The number of ether oxygens (including phenoxy) is 2. The predicted molar refractivity (Wildman–Crippen MR) is 72.6 cm³/mol. The van der Waals surface area contributed by atoms with Crippen LogP contribution in [0.1, 0.15) is 52.4 Å². The highest BCUT2D eigenvalue weighted by Crippen LogP contribution is 2.27. The summed E-state index contributed by atoms with van der Waals surface area (Å²) in [7, 11) is 0. The minimum Gasteiger partial charge on any atom is -0.394 e. The minimum atomic E-state index is -0.119. The standard InChI is InChI=1S/C14H29NO3/c1-3-17-13(18-4-2)8-11-15-14(12-16)9-6-5-7-10-14/h13,15-16H,3-12H2,1-2H3. The van der Waals surface area contributed by atoms with Crippen LogP contribution in [0.3, 0.4) is 0 Å². The van der Waals surface area contributed by atoms with E-state index in [1.165, 1.54) is 19.3 Å². The Hall–Kier alpha value is -0.160. The second-order valence-electron chi connectivity index (χ2n) is 5.05. The molecule has 18 heavy (non-hydrogen) atoms. The molecule has 1 aliphatic rings. The summed E-state index contributed by atoms with van der Waals surface area (Å²) < 4.78 is 11.0. The first-order chi connectivity index (χ1) is 8.76. The molecule has 0 spiro atoms. The summed E-state index contributed by atoms with van der Waals surface area (Å²) in [6.07, 6.45) is 6.61. The summed E-state index contributed by atoms with van der Waals surface area (Å²) in [5.74, 6) is 0. The van der Waals surface area contributed by atoms with Crippen LogP contribution in [0.5, 0.6) is 0 Å². The van der Waals surface area contributed by atoms with Crippen molar-refractivity contribution in [1.29, 1.82) is 0 Å². The van der Waals surface area contributed by atoms with Gasteiger partial charge in [0, 0.05) is 31.7 Å². The normalized spacial score (nSPS) is 19.3. The van der Waals surface area contributed by atoms with Gasteiger partial charge in [0.25, 0.3) is 0 Å². The fourth-order valence-electron chi connectivity index (χ4n) is 2.66. The van der Waals surface area contributed by atoms with Crippen LogP contribution in [0.25, 0.3) is 0 Å². The molecule has 0 saturated heterocycles. The van der Waals surface area contributed by atoms with Gasteiger partial charge in [-0.05, 0) is 26.7 Å². The molecule has 1 aliphatic carbocycles. The molecule has 0 heterocycles. The average molecular weight is 259 g/mol. The van der Waals surface area contributed by atoms with Crippen molar-refractivity contribution in [1.82, 2.24) is 5.32 Å². The molecule has 4 heteroatoms. The lowest BCUT2D eigenvalue weighted by Crippen LogP contribution is -2.50. The highest BCUT2D eigenvalue weighted by Gasteiger charge is 2.30. The van der Waals surface area contributed by atoms with E-state index in [-0.39, 0.29) is 18.4 Å². The van der Waals surface area contributed by atoms with Gasteiger partial charge in [-0.2, -0.15) is 0 Å². The first-order valence-corrected chi connectivity index (χ1v) is 7.35. The largest absolute Gasteiger partial charge is 0.394 e. The van der Waals surface area contributed by atoms with Crippen LogP contribution >= 0.6 is 0 Å². The Bertz CT molecular complexity index is 199. The average Bonchev–Trinajstić information content (AvgIpc) is 2.40. The van der Waals surface area contributed by atoms with E-state index in [0.717, 1.165) is 25.8 Å². The molecular formula is C14H29NO3. The summed E-state index contributed by atoms with van der Waals surface area (Å²) in [6.45, 7) is 6.39. The molecule has 1 saturated carbocycles. The van der Waals surface area contributed by atoms with Gasteiger partial charge in [-0.25, -0.2) is 0 Å². The van der Waals surface area contributed by atoms with Crippen LogP contribution in [0.15, 0.2) is 0 Å². The van der Waals surface area contributed by atoms with Crippen molar-refractivity contribution < 1.29 is 14.6 Å².